The highest BCUT2D eigenvalue weighted by atomic mass is 16.5. The number of fused-ring (bicyclic) bond motifs is 7. The molecule has 0 aromatic rings. The number of hydrogen-bond acceptors (Lipinski definition) is 4. The highest BCUT2D eigenvalue weighted by Crippen LogP contribution is 2.75. The Morgan fingerprint density at radius 2 is 1.71 bits per heavy atom. The summed E-state index contributed by atoms with van der Waals surface area (Å²) in [6.07, 6.45) is 13.2. The minimum atomic E-state index is -0.343. The van der Waals surface area contributed by atoms with Crippen molar-refractivity contribution in [3.63, 3.8) is 0 Å². The number of amides is 1. The summed E-state index contributed by atoms with van der Waals surface area (Å²) in [6, 6.07) is 0. The van der Waals surface area contributed by atoms with E-state index in [2.05, 4.69) is 52.1 Å². The molecular formula is C30H41NO4. The number of ether oxygens (including phenoxy) is 1. The predicted molar refractivity (Wildman–Crippen MR) is 137 cm³/mol. The van der Waals surface area contributed by atoms with Crippen LogP contribution in [0, 0.1) is 27.6 Å². The van der Waals surface area contributed by atoms with Crippen molar-refractivity contribution in [2.75, 3.05) is 7.11 Å². The molecule has 0 bridgehead atoms. The summed E-state index contributed by atoms with van der Waals surface area (Å²) in [4.78, 5) is 24.8. The molecule has 5 nitrogen and oxygen atoms in total. The van der Waals surface area contributed by atoms with Gasteiger partial charge in [-0.3, -0.25) is 4.79 Å². The summed E-state index contributed by atoms with van der Waals surface area (Å²) >= 11 is 0. The standard InChI is InChI=1S/C30H41NO4/c1-18-19-8-9-22-28(4,20(19)16-21(32)24(18)33)13-15-30(6)23-17-27(3,31-25(34)35-7)12-10-26(23,2)11-14-29(22,30)5/h8-9,16,23,33H,10-15,17H2,1-7H3,(H,31,34)/t23-,26-,27-,28+,29-,30+/m1/s1. The van der Waals surface area contributed by atoms with Crippen molar-refractivity contribution >= 4 is 11.9 Å². The summed E-state index contributed by atoms with van der Waals surface area (Å²) in [7, 11) is 1.44. The topological polar surface area (TPSA) is 75.6 Å². The van der Waals surface area contributed by atoms with E-state index in [9.17, 15) is 14.7 Å². The molecule has 6 atom stereocenters. The number of nitrogens with one attached hydrogen (secondary N) is 1. The van der Waals surface area contributed by atoms with Gasteiger partial charge in [-0.1, -0.05) is 45.4 Å². The Labute approximate surface area is 209 Å². The second-order valence-electron chi connectivity index (χ2n) is 13.2. The molecule has 5 aliphatic rings. The molecule has 0 aromatic heterocycles. The van der Waals surface area contributed by atoms with Gasteiger partial charge in [-0.15, -0.1) is 0 Å². The number of aliphatic hydroxyl groups is 1. The molecule has 1 amide bonds. The Morgan fingerprint density at radius 3 is 2.40 bits per heavy atom. The maximum Gasteiger partial charge on any atom is 0.407 e. The summed E-state index contributed by atoms with van der Waals surface area (Å²) < 4.78 is 4.97. The largest absolute Gasteiger partial charge is 0.504 e. The van der Waals surface area contributed by atoms with Crippen molar-refractivity contribution in [1.82, 2.24) is 5.32 Å². The molecule has 3 fully saturated rings. The van der Waals surface area contributed by atoms with Crippen LogP contribution >= 0.6 is 0 Å². The smallest absolute Gasteiger partial charge is 0.407 e. The second-order valence-corrected chi connectivity index (χ2v) is 13.2. The number of methoxy groups -OCH3 is 1. The van der Waals surface area contributed by atoms with Crippen LogP contribution in [-0.4, -0.2) is 29.6 Å². The maximum atomic E-state index is 12.6. The summed E-state index contributed by atoms with van der Waals surface area (Å²) in [5.74, 6) is 0.0669. The lowest BCUT2D eigenvalue weighted by Crippen LogP contribution is -2.64. The Kier molecular flexibility index (Phi) is 5.13. The van der Waals surface area contributed by atoms with Gasteiger partial charge in [-0.2, -0.15) is 0 Å². The zero-order valence-corrected chi connectivity index (χ0v) is 22.4. The molecule has 0 unspecified atom stereocenters. The van der Waals surface area contributed by atoms with Crippen LogP contribution in [0.3, 0.4) is 0 Å². The normalized spacial score (nSPS) is 44.6. The van der Waals surface area contributed by atoms with Gasteiger partial charge in [0.1, 0.15) is 0 Å². The van der Waals surface area contributed by atoms with E-state index in [-0.39, 0.29) is 44.8 Å². The fourth-order valence-corrected chi connectivity index (χ4v) is 8.87. The van der Waals surface area contributed by atoms with Crippen molar-refractivity contribution in [2.24, 2.45) is 27.6 Å². The van der Waals surface area contributed by atoms with Crippen LogP contribution in [0.1, 0.15) is 86.5 Å². The Hall–Kier alpha value is -2.30. The van der Waals surface area contributed by atoms with Gasteiger partial charge in [0.25, 0.3) is 0 Å². The van der Waals surface area contributed by atoms with Crippen molar-refractivity contribution in [3.05, 3.63) is 46.3 Å². The van der Waals surface area contributed by atoms with Gasteiger partial charge in [0, 0.05) is 16.5 Å². The first-order chi connectivity index (χ1) is 16.2. The van der Waals surface area contributed by atoms with E-state index < -0.39 is 0 Å². The van der Waals surface area contributed by atoms with Crippen LogP contribution in [0.15, 0.2) is 46.3 Å². The third-order valence-corrected chi connectivity index (χ3v) is 11.5. The van der Waals surface area contributed by atoms with E-state index in [4.69, 9.17) is 4.74 Å². The van der Waals surface area contributed by atoms with Gasteiger partial charge in [-0.25, -0.2) is 4.79 Å². The van der Waals surface area contributed by atoms with Gasteiger partial charge in [0.15, 0.2) is 5.76 Å². The number of carbonyl (C=O) groups is 2. The van der Waals surface area contributed by atoms with E-state index >= 15 is 0 Å². The quantitative estimate of drug-likeness (QED) is 0.438. The van der Waals surface area contributed by atoms with Crippen LogP contribution in [0.5, 0.6) is 0 Å². The minimum Gasteiger partial charge on any atom is -0.504 e. The first kappa shape index (κ1) is 24.4. The average Bonchev–Trinajstić information content (AvgIpc) is 2.81. The van der Waals surface area contributed by atoms with E-state index in [0.29, 0.717) is 11.5 Å². The van der Waals surface area contributed by atoms with Crippen LogP contribution in [0.4, 0.5) is 4.79 Å². The molecule has 0 heterocycles. The van der Waals surface area contributed by atoms with Crippen molar-refractivity contribution in [3.8, 4) is 0 Å². The number of alkyl carbamates (subject to hydrolysis) is 1. The minimum absolute atomic E-state index is 0.0171. The van der Waals surface area contributed by atoms with Gasteiger partial charge in [0.05, 0.1) is 7.11 Å². The zero-order valence-electron chi connectivity index (χ0n) is 22.4. The fraction of sp³-hybridized carbons (Fsp3) is 0.667. The van der Waals surface area contributed by atoms with Crippen molar-refractivity contribution < 1.29 is 19.4 Å². The lowest BCUT2D eigenvalue weighted by atomic mass is 9.35. The van der Waals surface area contributed by atoms with Crippen LogP contribution in [0.25, 0.3) is 0 Å². The van der Waals surface area contributed by atoms with Gasteiger partial charge >= 0.3 is 6.09 Å². The monoisotopic (exact) mass is 479 g/mol. The average molecular weight is 480 g/mol. The van der Waals surface area contributed by atoms with E-state index in [0.717, 1.165) is 49.7 Å². The van der Waals surface area contributed by atoms with Crippen molar-refractivity contribution in [1.29, 1.82) is 0 Å². The number of hydrogen-bond donors (Lipinski definition) is 2. The highest BCUT2D eigenvalue weighted by molar-refractivity contribution is 6.06. The van der Waals surface area contributed by atoms with Crippen LogP contribution < -0.4 is 5.32 Å². The first-order valence-corrected chi connectivity index (χ1v) is 13.2. The SMILES string of the molecule is COC(=O)N[C@]1(C)CC[C@]2(C)CC[C@]3(C)C4=CC=C5C(=CC(=O)C(O)=C5C)[C@]4(C)CC[C@@]3(C)[C@@H]2C1. The summed E-state index contributed by atoms with van der Waals surface area (Å²) in [6.45, 7) is 13.8. The molecule has 5 heteroatoms. The fourth-order valence-electron chi connectivity index (χ4n) is 8.87. The highest BCUT2D eigenvalue weighted by Gasteiger charge is 2.66. The molecule has 0 spiro atoms. The Morgan fingerprint density at radius 1 is 1.03 bits per heavy atom. The maximum absolute atomic E-state index is 12.6. The lowest BCUT2D eigenvalue weighted by Gasteiger charge is -2.70. The lowest BCUT2D eigenvalue weighted by molar-refractivity contribution is -0.153. The molecular weight excluding hydrogens is 438 g/mol. The van der Waals surface area contributed by atoms with Crippen LogP contribution in [0.2, 0.25) is 0 Å². The molecule has 0 aromatic carbocycles. The second kappa shape index (κ2) is 7.36. The number of aliphatic hydroxyl groups excluding tert-OH is 1. The summed E-state index contributed by atoms with van der Waals surface area (Å²) in [5.41, 5.74) is 4.03. The Balaban J connectivity index is 1.59. The molecule has 0 aliphatic heterocycles. The molecule has 5 rings (SSSR count). The van der Waals surface area contributed by atoms with E-state index in [1.165, 1.54) is 19.1 Å². The molecule has 5 aliphatic carbocycles. The molecule has 2 N–H and O–H groups in total. The predicted octanol–water partition coefficient (Wildman–Crippen LogP) is 6.72. The van der Waals surface area contributed by atoms with Gasteiger partial charge in [-0.05, 0) is 98.2 Å². The molecule has 3 saturated carbocycles. The van der Waals surface area contributed by atoms with Gasteiger partial charge in [0.2, 0.25) is 5.78 Å². The third kappa shape index (κ3) is 3.12. The van der Waals surface area contributed by atoms with E-state index in [1.807, 2.05) is 6.92 Å². The molecule has 190 valence electrons. The van der Waals surface area contributed by atoms with Gasteiger partial charge < -0.3 is 15.2 Å². The van der Waals surface area contributed by atoms with E-state index in [1.54, 1.807) is 6.08 Å². The number of allylic oxidation sites excluding steroid dienone is 7. The molecule has 0 saturated heterocycles. The number of ketones is 1. The number of rotatable bonds is 1. The van der Waals surface area contributed by atoms with Crippen molar-refractivity contribution in [2.45, 2.75) is 92.0 Å². The Bertz CT molecular complexity index is 1140. The number of carbonyl (C=O) groups excluding carboxylic acids is 2. The molecule has 0 radical (unpaired) electrons. The summed E-state index contributed by atoms with van der Waals surface area (Å²) in [5, 5.41) is 13.5. The molecule has 35 heavy (non-hydrogen) atoms. The zero-order chi connectivity index (χ0) is 25.6. The first-order valence-electron chi connectivity index (χ1n) is 13.2. The van der Waals surface area contributed by atoms with Crippen LogP contribution in [-0.2, 0) is 9.53 Å². The third-order valence-electron chi connectivity index (χ3n) is 11.5.